The molecular weight excluding hydrogens is 492 g/mol. The van der Waals surface area contributed by atoms with Gasteiger partial charge >= 0.3 is 0 Å². The van der Waals surface area contributed by atoms with Gasteiger partial charge in [0, 0.05) is 12.5 Å². The van der Waals surface area contributed by atoms with Gasteiger partial charge in [-0.1, -0.05) is 35.9 Å². The Labute approximate surface area is 219 Å². The minimum atomic E-state index is -0.833. The lowest BCUT2D eigenvalue weighted by Gasteiger charge is -2.29. The molecule has 192 valence electrons. The number of nitrogens with zero attached hydrogens (tertiary/aromatic N) is 3. The second kappa shape index (κ2) is 11.9. The molecule has 0 radical (unpaired) electrons. The van der Waals surface area contributed by atoms with Crippen LogP contribution in [-0.2, 0) is 4.79 Å². The first-order chi connectivity index (χ1) is 17.8. The first-order valence-corrected chi connectivity index (χ1v) is 12.3. The number of para-hydroxylation sites is 1. The van der Waals surface area contributed by atoms with E-state index in [9.17, 15) is 4.79 Å². The Kier molecular flexibility index (Phi) is 8.37. The molecule has 1 amide bonds. The largest absolute Gasteiger partial charge is 0.481 e. The van der Waals surface area contributed by atoms with Gasteiger partial charge in [0.2, 0.25) is 0 Å². The number of fused-ring (bicyclic) bond motifs is 1. The number of anilines is 3. The number of likely N-dealkylation sites (tertiary alicyclic amines) is 1. The minimum Gasteiger partial charge on any atom is -0.481 e. The van der Waals surface area contributed by atoms with Gasteiger partial charge in [-0.05, 0) is 80.9 Å². The van der Waals surface area contributed by atoms with E-state index in [0.29, 0.717) is 33.8 Å². The second-order valence-corrected chi connectivity index (χ2v) is 9.35. The molecule has 0 bridgehead atoms. The third kappa shape index (κ3) is 6.84. The molecule has 0 spiro atoms. The summed E-state index contributed by atoms with van der Waals surface area (Å²) in [5.41, 5.74) is 3.24. The summed E-state index contributed by atoms with van der Waals surface area (Å²) in [4.78, 5) is 28.7. The van der Waals surface area contributed by atoms with Crippen molar-refractivity contribution in [3.63, 3.8) is 0 Å². The molecular formula is C27H29ClN6O3. The zero-order chi connectivity index (χ0) is 26.4. The van der Waals surface area contributed by atoms with Crippen molar-refractivity contribution >= 4 is 51.8 Å². The van der Waals surface area contributed by atoms with Gasteiger partial charge in [-0.3, -0.25) is 14.7 Å². The average molecular weight is 521 g/mol. The average Bonchev–Trinajstić information content (AvgIpc) is 3.27. The number of H-pyrrole nitrogens is 1. The standard InChI is InChI=1S/C25H25ClN6O.C2H4O2/c1-32-14-12-17(13-15-32)16-6-8-18(9-7-16)25(33)29-24-19-10-11-22(28-23(19)30-31-24)27-21-5-3-2-4-20(21)26;1-2(3)4/h2-11,17H,12-15H2,1H3,(H3,27,28,29,30,31,33);1H3,(H,3,4). The summed E-state index contributed by atoms with van der Waals surface area (Å²) in [6.07, 6.45) is 2.31. The summed E-state index contributed by atoms with van der Waals surface area (Å²) in [7, 11) is 2.16. The highest BCUT2D eigenvalue weighted by Crippen LogP contribution is 2.29. The van der Waals surface area contributed by atoms with E-state index >= 15 is 0 Å². The Balaban J connectivity index is 0.000000747. The van der Waals surface area contributed by atoms with Crippen molar-refractivity contribution < 1.29 is 14.7 Å². The first kappa shape index (κ1) is 26.1. The number of aliphatic carboxylic acids is 1. The molecule has 1 aliphatic rings. The third-order valence-electron chi connectivity index (χ3n) is 6.16. The van der Waals surface area contributed by atoms with E-state index in [1.54, 1.807) is 0 Å². The van der Waals surface area contributed by atoms with E-state index in [-0.39, 0.29) is 5.91 Å². The second-order valence-electron chi connectivity index (χ2n) is 8.94. The van der Waals surface area contributed by atoms with E-state index in [1.165, 1.54) is 5.56 Å². The van der Waals surface area contributed by atoms with Crippen LogP contribution in [0, 0.1) is 0 Å². The van der Waals surface area contributed by atoms with Crippen molar-refractivity contribution in [2.45, 2.75) is 25.7 Å². The molecule has 4 N–H and O–H groups in total. The normalized spacial score (nSPS) is 14.0. The fourth-order valence-corrected chi connectivity index (χ4v) is 4.38. The topological polar surface area (TPSA) is 123 Å². The lowest BCUT2D eigenvalue weighted by atomic mass is 9.89. The summed E-state index contributed by atoms with van der Waals surface area (Å²) in [5, 5.41) is 22.0. The van der Waals surface area contributed by atoms with Gasteiger partial charge in [0.05, 0.1) is 16.1 Å². The number of halogens is 1. The number of carbonyl (C=O) groups is 2. The van der Waals surface area contributed by atoms with Crippen LogP contribution in [0.5, 0.6) is 0 Å². The van der Waals surface area contributed by atoms with Crippen LogP contribution in [0.15, 0.2) is 60.7 Å². The number of rotatable bonds is 5. The number of pyridine rings is 1. The Bertz CT molecular complexity index is 1380. The molecule has 4 aromatic rings. The number of hydrogen-bond acceptors (Lipinski definition) is 6. The first-order valence-electron chi connectivity index (χ1n) is 12.0. The molecule has 1 aliphatic heterocycles. The van der Waals surface area contributed by atoms with Gasteiger partial charge in [-0.15, -0.1) is 0 Å². The number of carbonyl (C=O) groups excluding carboxylic acids is 1. The third-order valence-corrected chi connectivity index (χ3v) is 6.48. The van der Waals surface area contributed by atoms with E-state index in [0.717, 1.165) is 43.9 Å². The van der Waals surface area contributed by atoms with Crippen molar-refractivity contribution in [3.8, 4) is 0 Å². The lowest BCUT2D eigenvalue weighted by molar-refractivity contribution is -0.134. The molecule has 0 saturated carbocycles. The zero-order valence-electron chi connectivity index (χ0n) is 20.7. The highest BCUT2D eigenvalue weighted by Gasteiger charge is 2.19. The summed E-state index contributed by atoms with van der Waals surface area (Å²) < 4.78 is 0. The van der Waals surface area contributed by atoms with Crippen LogP contribution in [0.25, 0.3) is 11.0 Å². The van der Waals surface area contributed by atoms with Gasteiger partial charge in [0.15, 0.2) is 11.5 Å². The summed E-state index contributed by atoms with van der Waals surface area (Å²) >= 11 is 6.21. The SMILES string of the molecule is CC(=O)O.CN1CCC(c2ccc(C(=O)Nc3n[nH]c4nc(Nc5ccccc5Cl)ccc34)cc2)CC1. The van der Waals surface area contributed by atoms with Gasteiger partial charge in [-0.25, -0.2) is 4.98 Å². The maximum atomic E-state index is 12.8. The van der Waals surface area contributed by atoms with Crippen LogP contribution in [-0.4, -0.2) is 57.2 Å². The van der Waals surface area contributed by atoms with E-state index in [1.807, 2.05) is 48.5 Å². The van der Waals surface area contributed by atoms with Crippen LogP contribution < -0.4 is 10.6 Å². The predicted molar refractivity (Wildman–Crippen MR) is 146 cm³/mol. The quantitative estimate of drug-likeness (QED) is 0.273. The van der Waals surface area contributed by atoms with Crippen LogP contribution in [0.1, 0.15) is 41.6 Å². The Morgan fingerprint density at radius 3 is 2.41 bits per heavy atom. The number of aromatic amines is 1. The lowest BCUT2D eigenvalue weighted by Crippen LogP contribution is -2.29. The molecule has 9 nitrogen and oxygen atoms in total. The van der Waals surface area contributed by atoms with Crippen molar-refractivity contribution in [2.75, 3.05) is 30.8 Å². The molecule has 1 fully saturated rings. The molecule has 5 rings (SSSR count). The maximum Gasteiger partial charge on any atom is 0.300 e. The number of amides is 1. The molecule has 0 atom stereocenters. The molecule has 37 heavy (non-hydrogen) atoms. The van der Waals surface area contributed by atoms with E-state index in [2.05, 4.69) is 49.9 Å². The predicted octanol–water partition coefficient (Wildman–Crippen LogP) is 5.51. The van der Waals surface area contributed by atoms with Gasteiger partial charge in [0.25, 0.3) is 11.9 Å². The molecule has 3 heterocycles. The number of piperidine rings is 1. The number of aromatic nitrogens is 3. The number of benzene rings is 2. The monoisotopic (exact) mass is 520 g/mol. The van der Waals surface area contributed by atoms with Crippen LogP contribution in [0.2, 0.25) is 5.02 Å². The molecule has 10 heteroatoms. The number of carboxylic acid groups (broad SMARTS) is 1. The van der Waals surface area contributed by atoms with Crippen LogP contribution in [0.3, 0.4) is 0 Å². The van der Waals surface area contributed by atoms with Crippen molar-refractivity contribution in [1.29, 1.82) is 0 Å². The molecule has 2 aromatic heterocycles. The number of hydrogen-bond donors (Lipinski definition) is 4. The molecule has 0 aliphatic carbocycles. The molecule has 1 saturated heterocycles. The minimum absolute atomic E-state index is 0.198. The van der Waals surface area contributed by atoms with Crippen molar-refractivity contribution in [3.05, 3.63) is 76.8 Å². The van der Waals surface area contributed by atoms with Gasteiger partial charge < -0.3 is 20.6 Å². The number of nitrogens with one attached hydrogen (secondary N) is 3. The zero-order valence-corrected chi connectivity index (χ0v) is 21.4. The smallest absolute Gasteiger partial charge is 0.300 e. The Hall–Kier alpha value is -3.95. The van der Waals surface area contributed by atoms with E-state index in [4.69, 9.17) is 21.5 Å². The van der Waals surface area contributed by atoms with Crippen LogP contribution in [0.4, 0.5) is 17.3 Å². The van der Waals surface area contributed by atoms with Crippen LogP contribution >= 0.6 is 11.6 Å². The summed E-state index contributed by atoms with van der Waals surface area (Å²) in [6.45, 7) is 3.31. The highest BCUT2D eigenvalue weighted by atomic mass is 35.5. The molecule has 2 aromatic carbocycles. The maximum absolute atomic E-state index is 12.8. The van der Waals surface area contributed by atoms with Crippen molar-refractivity contribution in [1.82, 2.24) is 20.1 Å². The summed E-state index contributed by atoms with van der Waals surface area (Å²) in [5.74, 6) is 0.609. The fraction of sp³-hybridized carbons (Fsp3) is 0.259. The van der Waals surface area contributed by atoms with Crippen molar-refractivity contribution in [2.24, 2.45) is 0 Å². The van der Waals surface area contributed by atoms with Gasteiger partial charge in [0.1, 0.15) is 5.82 Å². The fourth-order valence-electron chi connectivity index (χ4n) is 4.20. The summed E-state index contributed by atoms with van der Waals surface area (Å²) in [6, 6.07) is 19.1. The Morgan fingerprint density at radius 1 is 1.05 bits per heavy atom. The molecule has 0 unspecified atom stereocenters. The van der Waals surface area contributed by atoms with E-state index < -0.39 is 5.97 Å². The number of carboxylic acids is 1. The Morgan fingerprint density at radius 2 is 1.73 bits per heavy atom. The highest BCUT2D eigenvalue weighted by molar-refractivity contribution is 6.33. The van der Waals surface area contributed by atoms with Gasteiger partial charge in [-0.2, -0.15) is 5.10 Å².